The summed E-state index contributed by atoms with van der Waals surface area (Å²) < 4.78 is 6.72. The maximum absolute atomic E-state index is 6.72. The standard InChI is InChI=1S/C44H28O/c1-3-14-29(15-4-1)31-26-27-41-40(28-31)38-24-13-25-39(44(38)45-41)43-36-22-11-9-20-34(36)42(35-21-10-12-23-37(35)43)33-19-8-7-18-32(33)30-16-5-2-6-17-30/h1-28H. The van der Waals surface area contributed by atoms with Gasteiger partial charge >= 0.3 is 0 Å². The van der Waals surface area contributed by atoms with E-state index in [1.165, 1.54) is 60.5 Å². The summed E-state index contributed by atoms with van der Waals surface area (Å²) in [5.74, 6) is 0. The van der Waals surface area contributed by atoms with E-state index in [4.69, 9.17) is 4.42 Å². The predicted octanol–water partition coefficient (Wildman–Crippen LogP) is 12.6. The third kappa shape index (κ3) is 4.09. The highest BCUT2D eigenvalue weighted by Gasteiger charge is 2.21. The molecule has 0 saturated carbocycles. The maximum Gasteiger partial charge on any atom is 0.143 e. The van der Waals surface area contributed by atoms with Crippen LogP contribution in [0.1, 0.15) is 0 Å². The van der Waals surface area contributed by atoms with Crippen molar-refractivity contribution in [2.45, 2.75) is 0 Å². The lowest BCUT2D eigenvalue weighted by molar-refractivity contribution is 0.670. The summed E-state index contributed by atoms with van der Waals surface area (Å²) >= 11 is 0. The summed E-state index contributed by atoms with van der Waals surface area (Å²) in [5.41, 5.74) is 11.5. The normalized spacial score (nSPS) is 11.6. The summed E-state index contributed by atoms with van der Waals surface area (Å²) in [6.45, 7) is 0. The molecule has 0 aliphatic carbocycles. The van der Waals surface area contributed by atoms with Gasteiger partial charge in [-0.1, -0.05) is 158 Å². The molecule has 9 rings (SSSR count). The molecule has 1 heterocycles. The minimum absolute atomic E-state index is 0.902. The SMILES string of the molecule is c1ccc(-c2ccc3oc4c(-c5c6ccccc6c(-c6ccccc6-c6ccccc6)c6ccccc56)cccc4c3c2)cc1. The van der Waals surface area contributed by atoms with E-state index in [9.17, 15) is 0 Å². The molecule has 0 aliphatic rings. The van der Waals surface area contributed by atoms with Crippen molar-refractivity contribution in [3.05, 3.63) is 170 Å². The van der Waals surface area contributed by atoms with E-state index >= 15 is 0 Å². The number of fused-ring (bicyclic) bond motifs is 5. The molecule has 0 radical (unpaired) electrons. The average Bonchev–Trinajstić information content (AvgIpc) is 3.50. The molecule has 9 aromatic rings. The largest absolute Gasteiger partial charge is 0.455 e. The lowest BCUT2D eigenvalue weighted by atomic mass is 9.83. The molecule has 0 saturated heterocycles. The van der Waals surface area contributed by atoms with Crippen molar-refractivity contribution >= 4 is 43.5 Å². The number of benzene rings is 8. The first-order chi connectivity index (χ1) is 22.3. The Morgan fingerprint density at radius 2 is 0.778 bits per heavy atom. The van der Waals surface area contributed by atoms with Crippen LogP contribution >= 0.6 is 0 Å². The molecular formula is C44H28O. The summed E-state index contributed by atoms with van der Waals surface area (Å²) in [6, 6.07) is 60.8. The average molecular weight is 573 g/mol. The molecule has 0 bridgehead atoms. The van der Waals surface area contributed by atoms with Gasteiger partial charge in [0, 0.05) is 21.9 Å². The zero-order chi connectivity index (χ0) is 29.7. The van der Waals surface area contributed by atoms with Crippen molar-refractivity contribution in [3.63, 3.8) is 0 Å². The number of furan rings is 1. The molecule has 0 amide bonds. The Labute approximate surface area is 261 Å². The number of rotatable bonds is 4. The minimum atomic E-state index is 0.902. The Kier molecular flexibility index (Phi) is 5.89. The Hall–Kier alpha value is -5.92. The zero-order valence-electron chi connectivity index (χ0n) is 24.6. The summed E-state index contributed by atoms with van der Waals surface area (Å²) in [6.07, 6.45) is 0. The topological polar surface area (TPSA) is 13.1 Å². The quantitative estimate of drug-likeness (QED) is 0.191. The Balaban J connectivity index is 1.35. The molecule has 0 spiro atoms. The van der Waals surface area contributed by atoms with Gasteiger partial charge in [-0.25, -0.2) is 0 Å². The van der Waals surface area contributed by atoms with Crippen LogP contribution in [0.3, 0.4) is 0 Å². The minimum Gasteiger partial charge on any atom is -0.455 e. The van der Waals surface area contributed by atoms with Gasteiger partial charge < -0.3 is 4.42 Å². The highest BCUT2D eigenvalue weighted by molar-refractivity contribution is 6.25. The lowest BCUT2D eigenvalue weighted by Gasteiger charge is -2.19. The molecule has 0 N–H and O–H groups in total. The van der Waals surface area contributed by atoms with Crippen LogP contribution in [0.25, 0.3) is 88.0 Å². The van der Waals surface area contributed by atoms with Gasteiger partial charge in [0.25, 0.3) is 0 Å². The second-order valence-corrected chi connectivity index (χ2v) is 11.6. The molecule has 0 unspecified atom stereocenters. The fourth-order valence-corrected chi connectivity index (χ4v) is 7.08. The maximum atomic E-state index is 6.72. The smallest absolute Gasteiger partial charge is 0.143 e. The summed E-state index contributed by atoms with van der Waals surface area (Å²) in [5, 5.41) is 7.16. The van der Waals surface area contributed by atoms with Crippen LogP contribution in [0.15, 0.2) is 174 Å². The Morgan fingerprint density at radius 3 is 1.42 bits per heavy atom. The van der Waals surface area contributed by atoms with E-state index in [0.29, 0.717) is 0 Å². The second-order valence-electron chi connectivity index (χ2n) is 11.6. The molecule has 0 aliphatic heterocycles. The van der Waals surface area contributed by atoms with Gasteiger partial charge in [0.15, 0.2) is 0 Å². The molecule has 1 heteroatoms. The first-order valence-corrected chi connectivity index (χ1v) is 15.4. The Morgan fingerprint density at radius 1 is 0.289 bits per heavy atom. The van der Waals surface area contributed by atoms with Crippen LogP contribution in [-0.4, -0.2) is 0 Å². The van der Waals surface area contributed by atoms with Gasteiger partial charge in [0.1, 0.15) is 11.2 Å². The zero-order valence-corrected chi connectivity index (χ0v) is 24.6. The first kappa shape index (κ1) is 25.6. The van der Waals surface area contributed by atoms with Crippen molar-refractivity contribution in [3.8, 4) is 44.5 Å². The van der Waals surface area contributed by atoms with Gasteiger partial charge in [-0.2, -0.15) is 0 Å². The molecule has 210 valence electrons. The fourth-order valence-electron chi connectivity index (χ4n) is 7.08. The van der Waals surface area contributed by atoms with E-state index in [2.05, 4.69) is 170 Å². The third-order valence-corrected chi connectivity index (χ3v) is 9.09. The van der Waals surface area contributed by atoms with Crippen molar-refractivity contribution < 1.29 is 4.42 Å². The van der Waals surface area contributed by atoms with Crippen molar-refractivity contribution in [1.29, 1.82) is 0 Å². The monoisotopic (exact) mass is 572 g/mol. The van der Waals surface area contributed by atoms with E-state index in [-0.39, 0.29) is 0 Å². The van der Waals surface area contributed by atoms with Crippen LogP contribution in [0, 0.1) is 0 Å². The van der Waals surface area contributed by atoms with Crippen LogP contribution in [0.4, 0.5) is 0 Å². The molecular weight excluding hydrogens is 544 g/mol. The molecule has 0 atom stereocenters. The summed E-state index contributed by atoms with van der Waals surface area (Å²) in [4.78, 5) is 0. The second kappa shape index (κ2) is 10.4. The number of hydrogen-bond acceptors (Lipinski definition) is 1. The van der Waals surface area contributed by atoms with Crippen molar-refractivity contribution in [2.24, 2.45) is 0 Å². The van der Waals surface area contributed by atoms with Gasteiger partial charge in [0.05, 0.1) is 0 Å². The van der Waals surface area contributed by atoms with E-state index in [0.717, 1.165) is 27.5 Å². The van der Waals surface area contributed by atoms with E-state index in [1.54, 1.807) is 0 Å². The highest BCUT2D eigenvalue weighted by Crippen LogP contribution is 2.48. The van der Waals surface area contributed by atoms with Gasteiger partial charge in [-0.15, -0.1) is 0 Å². The summed E-state index contributed by atoms with van der Waals surface area (Å²) in [7, 11) is 0. The predicted molar refractivity (Wildman–Crippen MR) is 190 cm³/mol. The lowest BCUT2D eigenvalue weighted by Crippen LogP contribution is -1.92. The van der Waals surface area contributed by atoms with E-state index in [1.807, 2.05) is 0 Å². The fraction of sp³-hybridized carbons (Fsp3) is 0. The van der Waals surface area contributed by atoms with E-state index < -0.39 is 0 Å². The van der Waals surface area contributed by atoms with Crippen LogP contribution in [0.5, 0.6) is 0 Å². The Bertz CT molecular complexity index is 2460. The molecule has 1 aromatic heterocycles. The molecule has 45 heavy (non-hydrogen) atoms. The van der Waals surface area contributed by atoms with Crippen molar-refractivity contribution in [2.75, 3.05) is 0 Å². The van der Waals surface area contributed by atoms with Crippen molar-refractivity contribution in [1.82, 2.24) is 0 Å². The van der Waals surface area contributed by atoms with Crippen LogP contribution in [0.2, 0.25) is 0 Å². The number of hydrogen-bond donors (Lipinski definition) is 0. The van der Waals surface area contributed by atoms with Crippen LogP contribution < -0.4 is 0 Å². The highest BCUT2D eigenvalue weighted by atomic mass is 16.3. The third-order valence-electron chi connectivity index (χ3n) is 9.09. The van der Waals surface area contributed by atoms with Gasteiger partial charge in [-0.3, -0.25) is 0 Å². The van der Waals surface area contributed by atoms with Gasteiger partial charge in [0.2, 0.25) is 0 Å². The molecule has 0 fully saturated rings. The number of para-hydroxylation sites is 1. The molecule has 1 nitrogen and oxygen atoms in total. The first-order valence-electron chi connectivity index (χ1n) is 15.4. The van der Waals surface area contributed by atoms with Gasteiger partial charge in [-0.05, 0) is 67.1 Å². The van der Waals surface area contributed by atoms with Crippen LogP contribution in [-0.2, 0) is 0 Å². The molecule has 8 aromatic carbocycles.